The van der Waals surface area contributed by atoms with E-state index in [-0.39, 0.29) is 5.78 Å². The Balaban J connectivity index is 1.61. The molecule has 1 atom stereocenters. The van der Waals surface area contributed by atoms with Gasteiger partial charge in [0, 0.05) is 37.3 Å². The van der Waals surface area contributed by atoms with Crippen molar-refractivity contribution in [2.45, 2.75) is 64.3 Å². The average molecular weight is 315 g/mol. The van der Waals surface area contributed by atoms with Crippen molar-refractivity contribution in [2.75, 3.05) is 20.1 Å². The average Bonchev–Trinajstić information content (AvgIpc) is 2.98. The third kappa shape index (κ3) is 3.42. The standard InChI is InChI=1S/C19H29N3O/c1-3-4-5-6-7-8-10-20-15-12-16-17-14(9-11-22(16)2)13-21-18(17)19(15)23/h13,16,21H,3-12H2,1-2H3. The van der Waals surface area contributed by atoms with Gasteiger partial charge in [-0.1, -0.05) is 39.0 Å². The van der Waals surface area contributed by atoms with Crippen LogP contribution in [0.2, 0.25) is 0 Å². The number of rotatable bonds is 7. The zero-order valence-electron chi connectivity index (χ0n) is 14.5. The van der Waals surface area contributed by atoms with Crippen LogP contribution in [0.25, 0.3) is 0 Å². The Morgan fingerprint density at radius 2 is 2.04 bits per heavy atom. The van der Waals surface area contributed by atoms with E-state index in [1.165, 1.54) is 43.2 Å². The molecule has 0 saturated carbocycles. The molecule has 0 amide bonds. The van der Waals surface area contributed by atoms with E-state index in [0.29, 0.717) is 6.04 Å². The van der Waals surface area contributed by atoms with E-state index in [4.69, 9.17) is 0 Å². The highest BCUT2D eigenvalue weighted by Crippen LogP contribution is 2.38. The molecule has 2 aliphatic rings. The smallest absolute Gasteiger partial charge is 0.223 e. The largest absolute Gasteiger partial charge is 0.358 e. The third-order valence-electron chi connectivity index (χ3n) is 5.30. The second kappa shape index (κ2) is 7.43. The Labute approximate surface area is 139 Å². The van der Waals surface area contributed by atoms with Crippen LogP contribution in [0, 0.1) is 0 Å². The predicted molar refractivity (Wildman–Crippen MR) is 94.5 cm³/mol. The van der Waals surface area contributed by atoms with Crippen molar-refractivity contribution in [3.63, 3.8) is 0 Å². The number of unbranched alkanes of at least 4 members (excludes halogenated alkanes) is 5. The van der Waals surface area contributed by atoms with E-state index >= 15 is 0 Å². The fraction of sp³-hybridized carbons (Fsp3) is 0.684. The van der Waals surface area contributed by atoms with Gasteiger partial charge in [0.15, 0.2) is 0 Å². The lowest BCUT2D eigenvalue weighted by atomic mass is 9.84. The molecular weight excluding hydrogens is 286 g/mol. The molecule has 1 aliphatic heterocycles. The van der Waals surface area contributed by atoms with E-state index < -0.39 is 0 Å². The first-order chi connectivity index (χ1) is 11.2. The molecule has 1 unspecified atom stereocenters. The molecule has 1 N–H and O–H groups in total. The number of hydrogen-bond acceptors (Lipinski definition) is 3. The van der Waals surface area contributed by atoms with Gasteiger partial charge in [-0.05, 0) is 25.5 Å². The molecule has 0 saturated heterocycles. The van der Waals surface area contributed by atoms with Crippen molar-refractivity contribution in [2.24, 2.45) is 4.99 Å². The van der Waals surface area contributed by atoms with Gasteiger partial charge in [-0.15, -0.1) is 0 Å². The van der Waals surface area contributed by atoms with Crippen LogP contribution < -0.4 is 0 Å². The van der Waals surface area contributed by atoms with Gasteiger partial charge >= 0.3 is 0 Å². The van der Waals surface area contributed by atoms with Crippen LogP contribution in [0.3, 0.4) is 0 Å². The van der Waals surface area contributed by atoms with Crippen molar-refractivity contribution in [3.05, 3.63) is 23.0 Å². The second-order valence-corrected chi connectivity index (χ2v) is 6.98. The quantitative estimate of drug-likeness (QED) is 0.775. The number of carbonyl (C=O) groups excluding carboxylic acids is 1. The number of nitrogens with one attached hydrogen (secondary N) is 1. The molecule has 4 heteroatoms. The molecule has 0 fully saturated rings. The van der Waals surface area contributed by atoms with Crippen LogP contribution in [-0.2, 0) is 6.42 Å². The lowest BCUT2D eigenvalue weighted by Gasteiger charge is -2.36. The number of aliphatic imine (C=N–C) groups is 1. The molecule has 126 valence electrons. The highest BCUT2D eigenvalue weighted by Gasteiger charge is 2.37. The second-order valence-electron chi connectivity index (χ2n) is 6.98. The van der Waals surface area contributed by atoms with E-state index in [1.807, 2.05) is 6.20 Å². The molecule has 2 heterocycles. The van der Waals surface area contributed by atoms with Gasteiger partial charge in [-0.25, -0.2) is 0 Å². The SMILES string of the molecule is CCCCCCCCN=C1CC2c3c(c[nH]c3C1=O)CCN2C. The highest BCUT2D eigenvalue weighted by atomic mass is 16.1. The number of aromatic amines is 1. The Hall–Kier alpha value is -1.42. The number of likely N-dealkylation sites (N-methyl/N-ethyl adjacent to an activating group) is 1. The van der Waals surface area contributed by atoms with Crippen molar-refractivity contribution < 1.29 is 4.79 Å². The van der Waals surface area contributed by atoms with Crippen molar-refractivity contribution in [1.82, 2.24) is 9.88 Å². The lowest BCUT2D eigenvalue weighted by molar-refractivity contribution is 0.104. The molecule has 1 aliphatic carbocycles. The van der Waals surface area contributed by atoms with Crippen LogP contribution in [0.15, 0.2) is 11.2 Å². The third-order valence-corrected chi connectivity index (χ3v) is 5.30. The summed E-state index contributed by atoms with van der Waals surface area (Å²) in [5.41, 5.74) is 4.14. The Kier molecular flexibility index (Phi) is 5.31. The van der Waals surface area contributed by atoms with E-state index in [2.05, 4.69) is 28.8 Å². The van der Waals surface area contributed by atoms with E-state index in [9.17, 15) is 4.79 Å². The molecule has 0 spiro atoms. The number of nitrogens with zero attached hydrogens (tertiary/aromatic N) is 2. The van der Waals surface area contributed by atoms with Crippen LogP contribution in [-0.4, -0.2) is 41.5 Å². The topological polar surface area (TPSA) is 48.5 Å². The minimum atomic E-state index is 0.129. The molecule has 0 aromatic carbocycles. The summed E-state index contributed by atoms with van der Waals surface area (Å²) in [6.45, 7) is 4.10. The normalized spacial score (nSPS) is 22.6. The zero-order valence-corrected chi connectivity index (χ0v) is 14.5. The maximum absolute atomic E-state index is 12.6. The molecule has 1 aromatic rings. The Bertz CT molecular complexity index is 587. The summed E-state index contributed by atoms with van der Waals surface area (Å²) in [5, 5.41) is 0. The maximum Gasteiger partial charge on any atom is 0.223 e. The molecule has 23 heavy (non-hydrogen) atoms. The fourth-order valence-electron chi connectivity index (χ4n) is 3.84. The summed E-state index contributed by atoms with van der Waals surface area (Å²) >= 11 is 0. The highest BCUT2D eigenvalue weighted by molar-refractivity contribution is 6.47. The number of aromatic nitrogens is 1. The van der Waals surface area contributed by atoms with Gasteiger partial charge in [0.25, 0.3) is 0 Å². The first-order valence-electron chi connectivity index (χ1n) is 9.20. The van der Waals surface area contributed by atoms with E-state index in [0.717, 1.165) is 43.8 Å². The summed E-state index contributed by atoms with van der Waals surface area (Å²) in [6.07, 6.45) is 11.4. The summed E-state index contributed by atoms with van der Waals surface area (Å²) in [4.78, 5) is 22.9. The first kappa shape index (κ1) is 16.4. The number of hydrogen-bond donors (Lipinski definition) is 1. The summed E-state index contributed by atoms with van der Waals surface area (Å²) in [6, 6.07) is 0.334. The molecule has 3 rings (SSSR count). The Morgan fingerprint density at radius 3 is 2.87 bits per heavy atom. The summed E-state index contributed by atoms with van der Waals surface area (Å²) in [5.74, 6) is 0.129. The predicted octanol–water partition coefficient (Wildman–Crippen LogP) is 3.93. The maximum atomic E-state index is 12.6. The number of Topliss-reactive ketones (excluding diaryl/α,β-unsaturated/α-hetero) is 1. The van der Waals surface area contributed by atoms with Crippen LogP contribution in [0.5, 0.6) is 0 Å². The lowest BCUT2D eigenvalue weighted by Crippen LogP contribution is -2.38. The molecule has 4 nitrogen and oxygen atoms in total. The van der Waals surface area contributed by atoms with Crippen molar-refractivity contribution in [3.8, 4) is 0 Å². The Morgan fingerprint density at radius 1 is 1.26 bits per heavy atom. The monoisotopic (exact) mass is 315 g/mol. The van der Waals surface area contributed by atoms with Gasteiger partial charge in [0.1, 0.15) is 0 Å². The summed E-state index contributed by atoms with van der Waals surface area (Å²) in [7, 11) is 2.16. The zero-order chi connectivity index (χ0) is 16.2. The van der Waals surface area contributed by atoms with Crippen molar-refractivity contribution >= 4 is 11.5 Å². The van der Waals surface area contributed by atoms with Gasteiger partial charge in [-0.3, -0.25) is 14.7 Å². The summed E-state index contributed by atoms with van der Waals surface area (Å²) < 4.78 is 0. The van der Waals surface area contributed by atoms with Crippen LogP contribution in [0.1, 0.15) is 79.5 Å². The van der Waals surface area contributed by atoms with Gasteiger partial charge in [0.2, 0.25) is 5.78 Å². The minimum absolute atomic E-state index is 0.129. The van der Waals surface area contributed by atoms with Gasteiger partial charge in [0.05, 0.1) is 11.4 Å². The van der Waals surface area contributed by atoms with Gasteiger partial charge < -0.3 is 4.98 Å². The molecular formula is C19H29N3O. The molecule has 1 aromatic heterocycles. The number of carbonyl (C=O) groups is 1. The van der Waals surface area contributed by atoms with Crippen LogP contribution in [0.4, 0.5) is 0 Å². The first-order valence-corrected chi connectivity index (χ1v) is 9.20. The molecule has 0 bridgehead atoms. The number of H-pyrrole nitrogens is 1. The fourth-order valence-corrected chi connectivity index (χ4v) is 3.84. The van der Waals surface area contributed by atoms with E-state index in [1.54, 1.807) is 0 Å². The van der Waals surface area contributed by atoms with Crippen LogP contribution >= 0.6 is 0 Å². The number of ketones is 1. The van der Waals surface area contributed by atoms with Crippen molar-refractivity contribution in [1.29, 1.82) is 0 Å². The minimum Gasteiger partial charge on any atom is -0.358 e. The van der Waals surface area contributed by atoms with Gasteiger partial charge in [-0.2, -0.15) is 0 Å². The molecule has 0 radical (unpaired) electrons.